The van der Waals surface area contributed by atoms with Crippen LogP contribution in [0.15, 0.2) is 18.2 Å². The first-order chi connectivity index (χ1) is 11.7. The lowest BCUT2D eigenvalue weighted by Gasteiger charge is -2.23. The van der Waals surface area contributed by atoms with Crippen LogP contribution in [-0.4, -0.2) is 64.4 Å². The van der Waals surface area contributed by atoms with Crippen LogP contribution in [0.25, 0.3) is 0 Å². The maximum absolute atomic E-state index is 11.9. The van der Waals surface area contributed by atoms with Gasteiger partial charge in [-0.2, -0.15) is 0 Å². The Hall–Kier alpha value is -2.32. The number of quaternary nitrogens is 1. The zero-order valence-electron chi connectivity index (χ0n) is 13.4. The Bertz CT molecular complexity index is 601. The number of rotatable bonds is 4. The van der Waals surface area contributed by atoms with Crippen molar-refractivity contribution in [3.63, 3.8) is 0 Å². The summed E-state index contributed by atoms with van der Waals surface area (Å²) in [5, 5.41) is 5.21. The molecular formula is C16H22N3O5+. The molecule has 2 aliphatic heterocycles. The van der Waals surface area contributed by atoms with Crippen molar-refractivity contribution in [2.45, 2.75) is 0 Å². The van der Waals surface area contributed by atoms with Gasteiger partial charge in [0.15, 0.2) is 11.5 Å². The van der Waals surface area contributed by atoms with Crippen molar-refractivity contribution in [2.75, 3.05) is 57.9 Å². The molecule has 0 bridgehead atoms. The van der Waals surface area contributed by atoms with E-state index in [1.54, 1.807) is 18.2 Å². The molecule has 0 unspecified atom stereocenters. The number of ether oxygens (including phenoxy) is 3. The second-order valence-corrected chi connectivity index (χ2v) is 5.68. The fourth-order valence-electron chi connectivity index (χ4n) is 2.65. The summed E-state index contributed by atoms with van der Waals surface area (Å²) in [6.45, 7) is 5.57. The fraction of sp³-hybridized carbons (Fsp3) is 0.500. The van der Waals surface area contributed by atoms with E-state index < -0.39 is 11.8 Å². The predicted octanol–water partition coefficient (Wildman–Crippen LogP) is -1.57. The molecule has 0 saturated carbocycles. The Morgan fingerprint density at radius 1 is 1.00 bits per heavy atom. The number of anilines is 1. The van der Waals surface area contributed by atoms with E-state index in [0.29, 0.717) is 36.9 Å². The minimum Gasteiger partial charge on any atom is -0.486 e. The molecule has 8 heteroatoms. The van der Waals surface area contributed by atoms with Crippen LogP contribution < -0.4 is 25.0 Å². The molecule has 1 saturated heterocycles. The third-order valence-electron chi connectivity index (χ3n) is 3.97. The molecule has 3 N–H and O–H groups in total. The monoisotopic (exact) mass is 336 g/mol. The molecule has 1 aromatic carbocycles. The van der Waals surface area contributed by atoms with Gasteiger partial charge in [-0.05, 0) is 12.1 Å². The van der Waals surface area contributed by atoms with Crippen molar-refractivity contribution >= 4 is 17.5 Å². The molecule has 0 spiro atoms. The highest BCUT2D eigenvalue weighted by Crippen LogP contribution is 2.32. The van der Waals surface area contributed by atoms with Crippen LogP contribution in [0.2, 0.25) is 0 Å². The third-order valence-corrected chi connectivity index (χ3v) is 3.97. The maximum Gasteiger partial charge on any atom is 0.313 e. The van der Waals surface area contributed by atoms with E-state index in [0.717, 1.165) is 32.8 Å². The first-order valence-electron chi connectivity index (χ1n) is 8.12. The lowest BCUT2D eigenvalue weighted by molar-refractivity contribution is -0.906. The summed E-state index contributed by atoms with van der Waals surface area (Å²) >= 11 is 0. The van der Waals surface area contributed by atoms with Gasteiger partial charge in [-0.3, -0.25) is 9.59 Å². The van der Waals surface area contributed by atoms with Crippen LogP contribution in [0, 0.1) is 0 Å². The molecule has 2 heterocycles. The van der Waals surface area contributed by atoms with Crippen molar-refractivity contribution in [3.8, 4) is 11.5 Å². The van der Waals surface area contributed by atoms with E-state index in [9.17, 15) is 9.59 Å². The van der Waals surface area contributed by atoms with Gasteiger partial charge in [0.05, 0.1) is 26.3 Å². The van der Waals surface area contributed by atoms with Crippen LogP contribution in [0.5, 0.6) is 11.5 Å². The Morgan fingerprint density at radius 2 is 1.75 bits per heavy atom. The molecule has 1 aromatic rings. The standard InChI is InChI=1S/C16H21N3O5/c20-15(17-3-4-19-5-7-22-8-6-19)16(21)18-12-1-2-13-14(11-12)24-10-9-23-13/h1-2,11H,3-10H2,(H,17,20)(H,18,21)/p+1. The molecule has 24 heavy (non-hydrogen) atoms. The van der Waals surface area contributed by atoms with Crippen LogP contribution >= 0.6 is 0 Å². The lowest BCUT2D eigenvalue weighted by atomic mass is 10.2. The Balaban J connectivity index is 1.44. The number of carbonyl (C=O) groups is 2. The molecule has 2 amide bonds. The fourth-order valence-corrected chi connectivity index (χ4v) is 2.65. The van der Waals surface area contributed by atoms with E-state index in [4.69, 9.17) is 14.2 Å². The average molecular weight is 336 g/mol. The smallest absolute Gasteiger partial charge is 0.313 e. The largest absolute Gasteiger partial charge is 0.486 e. The number of hydrogen-bond acceptors (Lipinski definition) is 5. The molecule has 0 atom stereocenters. The summed E-state index contributed by atoms with van der Waals surface area (Å²) in [5.41, 5.74) is 0.498. The number of hydrogen-bond donors (Lipinski definition) is 3. The van der Waals surface area contributed by atoms with E-state index in [-0.39, 0.29) is 0 Å². The summed E-state index contributed by atoms with van der Waals surface area (Å²) in [4.78, 5) is 25.2. The van der Waals surface area contributed by atoms with Gasteiger partial charge in [0.1, 0.15) is 26.3 Å². The second kappa shape index (κ2) is 7.98. The van der Waals surface area contributed by atoms with Crippen molar-refractivity contribution in [1.82, 2.24) is 5.32 Å². The number of amides is 2. The lowest BCUT2D eigenvalue weighted by Crippen LogP contribution is -3.14. The molecule has 2 aliphatic rings. The highest BCUT2D eigenvalue weighted by atomic mass is 16.6. The molecule has 3 rings (SSSR count). The number of carbonyl (C=O) groups excluding carboxylic acids is 2. The average Bonchev–Trinajstić information content (AvgIpc) is 2.62. The van der Waals surface area contributed by atoms with Gasteiger partial charge in [0.2, 0.25) is 0 Å². The molecule has 130 valence electrons. The summed E-state index contributed by atoms with van der Waals surface area (Å²) in [6.07, 6.45) is 0. The topological polar surface area (TPSA) is 90.3 Å². The van der Waals surface area contributed by atoms with Crippen molar-refractivity contribution in [1.29, 1.82) is 0 Å². The summed E-state index contributed by atoms with van der Waals surface area (Å²) in [5.74, 6) is -0.131. The second-order valence-electron chi connectivity index (χ2n) is 5.68. The first kappa shape index (κ1) is 16.5. The molecular weight excluding hydrogens is 314 g/mol. The number of nitrogens with one attached hydrogen (secondary N) is 3. The Labute approximate surface area is 140 Å². The Morgan fingerprint density at radius 3 is 2.54 bits per heavy atom. The summed E-state index contributed by atoms with van der Waals surface area (Å²) in [6, 6.07) is 5.04. The van der Waals surface area contributed by atoms with Crippen molar-refractivity contribution < 1.29 is 28.7 Å². The van der Waals surface area contributed by atoms with Crippen molar-refractivity contribution in [2.24, 2.45) is 0 Å². The van der Waals surface area contributed by atoms with E-state index >= 15 is 0 Å². The predicted molar refractivity (Wildman–Crippen MR) is 85.5 cm³/mol. The van der Waals surface area contributed by atoms with Gasteiger partial charge < -0.3 is 29.7 Å². The minimum atomic E-state index is -0.691. The van der Waals surface area contributed by atoms with E-state index in [2.05, 4.69) is 10.6 Å². The third kappa shape index (κ3) is 4.36. The molecule has 8 nitrogen and oxygen atoms in total. The normalized spacial score (nSPS) is 17.2. The zero-order valence-corrected chi connectivity index (χ0v) is 13.4. The van der Waals surface area contributed by atoms with E-state index in [1.165, 1.54) is 4.90 Å². The number of morpholine rings is 1. The quantitative estimate of drug-likeness (QED) is 0.578. The summed E-state index contributed by atoms with van der Waals surface area (Å²) < 4.78 is 16.1. The van der Waals surface area contributed by atoms with Crippen LogP contribution in [0.1, 0.15) is 0 Å². The summed E-state index contributed by atoms with van der Waals surface area (Å²) in [7, 11) is 0. The molecule has 0 aromatic heterocycles. The van der Waals surface area contributed by atoms with Crippen LogP contribution in [-0.2, 0) is 14.3 Å². The van der Waals surface area contributed by atoms with E-state index in [1.807, 2.05) is 0 Å². The molecule has 0 radical (unpaired) electrons. The minimum absolute atomic E-state index is 0.461. The van der Waals surface area contributed by atoms with Gasteiger partial charge in [-0.15, -0.1) is 0 Å². The SMILES string of the molecule is O=C(NCC[NH+]1CCOCC1)C(=O)Nc1ccc2c(c1)OCCO2. The highest BCUT2D eigenvalue weighted by molar-refractivity contribution is 6.39. The van der Waals surface area contributed by atoms with Gasteiger partial charge in [0.25, 0.3) is 0 Å². The van der Waals surface area contributed by atoms with Crippen LogP contribution in [0.4, 0.5) is 5.69 Å². The van der Waals surface area contributed by atoms with Gasteiger partial charge in [0, 0.05) is 11.8 Å². The molecule has 0 aliphatic carbocycles. The van der Waals surface area contributed by atoms with Gasteiger partial charge >= 0.3 is 11.8 Å². The molecule has 1 fully saturated rings. The first-order valence-corrected chi connectivity index (χ1v) is 8.12. The van der Waals surface area contributed by atoms with Gasteiger partial charge in [-0.1, -0.05) is 0 Å². The number of benzene rings is 1. The van der Waals surface area contributed by atoms with Crippen molar-refractivity contribution in [3.05, 3.63) is 18.2 Å². The van der Waals surface area contributed by atoms with Gasteiger partial charge in [-0.25, -0.2) is 0 Å². The van der Waals surface area contributed by atoms with Crippen LogP contribution in [0.3, 0.4) is 0 Å². The highest BCUT2D eigenvalue weighted by Gasteiger charge is 2.18. The maximum atomic E-state index is 11.9. The zero-order chi connectivity index (χ0) is 16.8. The number of fused-ring (bicyclic) bond motifs is 1. The Kier molecular flexibility index (Phi) is 5.50.